The summed E-state index contributed by atoms with van der Waals surface area (Å²) in [6.07, 6.45) is -0.922. The number of carbonyl (C=O) groups excluding carboxylic acids is 1. The molecule has 0 saturated carbocycles. The Morgan fingerprint density at radius 2 is 1.63 bits per heavy atom. The molecule has 0 spiro atoms. The molecule has 3 aromatic carbocycles. The minimum atomic E-state index is -0.527. The number of hydrogen-bond donors (Lipinski definition) is 0. The topological polar surface area (TPSA) is 45.1 Å². The number of carbonyl (C=O) groups is 1. The van der Waals surface area contributed by atoms with Gasteiger partial charge >= 0.3 is 6.09 Å². The Balaban J connectivity index is 1.65. The van der Waals surface area contributed by atoms with Crippen molar-refractivity contribution in [1.29, 1.82) is 0 Å². The van der Waals surface area contributed by atoms with Gasteiger partial charge in [-0.05, 0) is 30.9 Å². The lowest BCUT2D eigenvalue weighted by Crippen LogP contribution is -2.47. The molecule has 134 valence electrons. The second kappa shape index (κ2) is 5.66. The Bertz CT molecular complexity index is 1070. The van der Waals surface area contributed by atoms with Crippen LogP contribution in [0.3, 0.4) is 0 Å². The summed E-state index contributed by atoms with van der Waals surface area (Å²) in [6, 6.07) is 24.0. The van der Waals surface area contributed by atoms with E-state index in [2.05, 4.69) is 0 Å². The van der Waals surface area contributed by atoms with Crippen molar-refractivity contribution in [2.45, 2.75) is 25.7 Å². The van der Waals surface area contributed by atoms with Gasteiger partial charge in [0, 0.05) is 5.39 Å². The number of aliphatic imine (C=N–C) groups is 1. The van der Waals surface area contributed by atoms with Crippen LogP contribution in [-0.2, 0) is 4.84 Å². The van der Waals surface area contributed by atoms with Crippen LogP contribution in [0.15, 0.2) is 77.8 Å². The van der Waals surface area contributed by atoms with Gasteiger partial charge in [-0.2, -0.15) is 0 Å². The SMILES string of the molecule is CC1(C)C(c2ccccc2)=NC2N(c3cccc4ccccc34)C(=O)ON21. The largest absolute Gasteiger partial charge is 0.436 e. The summed E-state index contributed by atoms with van der Waals surface area (Å²) < 4.78 is 0. The second-order valence-electron chi connectivity index (χ2n) is 7.30. The molecule has 0 N–H and O–H groups in total. The number of benzene rings is 3. The van der Waals surface area contributed by atoms with Crippen LogP contribution in [0.1, 0.15) is 19.4 Å². The summed E-state index contributed by atoms with van der Waals surface area (Å²) in [7, 11) is 0. The molecule has 2 heterocycles. The van der Waals surface area contributed by atoms with Crippen molar-refractivity contribution >= 4 is 28.3 Å². The summed E-state index contributed by atoms with van der Waals surface area (Å²) in [6.45, 7) is 4.05. The first-order chi connectivity index (χ1) is 13.1. The predicted molar refractivity (Wildman–Crippen MR) is 106 cm³/mol. The summed E-state index contributed by atoms with van der Waals surface area (Å²) in [5.74, 6) is 0. The fourth-order valence-electron chi connectivity index (χ4n) is 3.93. The van der Waals surface area contributed by atoms with Gasteiger partial charge in [0.25, 0.3) is 0 Å². The van der Waals surface area contributed by atoms with E-state index in [-0.39, 0.29) is 0 Å². The van der Waals surface area contributed by atoms with Crippen molar-refractivity contribution in [2.75, 3.05) is 4.90 Å². The first-order valence-electron chi connectivity index (χ1n) is 8.99. The third-order valence-electron chi connectivity index (χ3n) is 5.26. The molecule has 1 fully saturated rings. The Morgan fingerprint density at radius 1 is 0.926 bits per heavy atom. The maximum absolute atomic E-state index is 12.8. The van der Waals surface area contributed by atoms with E-state index in [9.17, 15) is 4.79 Å². The van der Waals surface area contributed by atoms with Gasteiger partial charge < -0.3 is 4.84 Å². The number of anilines is 1. The third kappa shape index (κ3) is 2.28. The quantitative estimate of drug-likeness (QED) is 0.674. The van der Waals surface area contributed by atoms with Gasteiger partial charge in [-0.1, -0.05) is 71.8 Å². The number of hydrogen-bond acceptors (Lipinski definition) is 4. The van der Waals surface area contributed by atoms with Crippen molar-refractivity contribution in [3.8, 4) is 0 Å². The molecular weight excluding hydrogens is 338 g/mol. The number of nitrogens with zero attached hydrogens (tertiary/aromatic N) is 3. The van der Waals surface area contributed by atoms with Crippen LogP contribution in [-0.4, -0.2) is 28.7 Å². The molecule has 0 aromatic heterocycles. The highest BCUT2D eigenvalue weighted by Crippen LogP contribution is 2.41. The molecule has 0 radical (unpaired) electrons. The summed E-state index contributed by atoms with van der Waals surface area (Å²) in [4.78, 5) is 25.0. The molecule has 1 atom stereocenters. The lowest BCUT2D eigenvalue weighted by atomic mass is 9.93. The molecule has 2 aliphatic heterocycles. The van der Waals surface area contributed by atoms with Crippen molar-refractivity contribution in [3.05, 3.63) is 78.4 Å². The van der Waals surface area contributed by atoms with Gasteiger partial charge in [-0.3, -0.25) is 0 Å². The minimum Gasteiger partial charge on any atom is -0.346 e. The van der Waals surface area contributed by atoms with E-state index in [4.69, 9.17) is 9.83 Å². The van der Waals surface area contributed by atoms with Crippen LogP contribution in [0.4, 0.5) is 10.5 Å². The van der Waals surface area contributed by atoms with Gasteiger partial charge in [-0.25, -0.2) is 14.7 Å². The van der Waals surface area contributed by atoms with E-state index in [1.54, 1.807) is 9.96 Å². The monoisotopic (exact) mass is 357 g/mol. The van der Waals surface area contributed by atoms with Crippen LogP contribution in [0.5, 0.6) is 0 Å². The average molecular weight is 357 g/mol. The molecular formula is C22H19N3O2. The van der Waals surface area contributed by atoms with Gasteiger partial charge in [0.15, 0.2) is 0 Å². The van der Waals surface area contributed by atoms with Gasteiger partial charge in [0.1, 0.15) is 0 Å². The fourth-order valence-corrected chi connectivity index (χ4v) is 3.93. The Hall–Kier alpha value is -3.18. The Kier molecular flexibility index (Phi) is 3.36. The van der Waals surface area contributed by atoms with Crippen LogP contribution in [0, 0.1) is 0 Å². The predicted octanol–water partition coefficient (Wildman–Crippen LogP) is 4.58. The zero-order valence-electron chi connectivity index (χ0n) is 15.2. The van der Waals surface area contributed by atoms with E-state index in [0.717, 1.165) is 27.7 Å². The maximum Gasteiger partial charge on any atom is 0.436 e. The number of fused-ring (bicyclic) bond motifs is 2. The average Bonchev–Trinajstić information content (AvgIpc) is 3.15. The van der Waals surface area contributed by atoms with Crippen molar-refractivity contribution in [1.82, 2.24) is 5.06 Å². The first kappa shape index (κ1) is 16.0. The highest BCUT2D eigenvalue weighted by atomic mass is 16.8. The summed E-state index contributed by atoms with van der Waals surface area (Å²) in [5, 5.41) is 3.77. The lowest BCUT2D eigenvalue weighted by Gasteiger charge is -2.28. The molecule has 0 aliphatic carbocycles. The zero-order chi connectivity index (χ0) is 18.6. The fraction of sp³-hybridized carbons (Fsp3) is 0.182. The normalized spacial score (nSPS) is 21.3. The highest BCUT2D eigenvalue weighted by Gasteiger charge is 2.55. The smallest absolute Gasteiger partial charge is 0.346 e. The molecule has 1 saturated heterocycles. The van der Waals surface area contributed by atoms with Crippen molar-refractivity contribution in [3.63, 3.8) is 0 Å². The minimum absolute atomic E-state index is 0.403. The van der Waals surface area contributed by atoms with Gasteiger partial charge in [-0.15, -0.1) is 0 Å². The lowest BCUT2D eigenvalue weighted by molar-refractivity contribution is -0.122. The van der Waals surface area contributed by atoms with E-state index < -0.39 is 17.9 Å². The molecule has 5 rings (SSSR count). The highest BCUT2D eigenvalue weighted by molar-refractivity contribution is 6.10. The molecule has 2 aliphatic rings. The number of hydroxylamine groups is 2. The van der Waals surface area contributed by atoms with Crippen molar-refractivity contribution in [2.24, 2.45) is 4.99 Å². The van der Waals surface area contributed by atoms with Crippen LogP contribution >= 0.6 is 0 Å². The van der Waals surface area contributed by atoms with Crippen LogP contribution in [0.25, 0.3) is 10.8 Å². The summed E-state index contributed by atoms with van der Waals surface area (Å²) >= 11 is 0. The Labute approximate surface area is 157 Å². The molecule has 3 aromatic rings. The van der Waals surface area contributed by atoms with Gasteiger partial charge in [0.2, 0.25) is 6.29 Å². The number of rotatable bonds is 2. The maximum atomic E-state index is 12.8. The standard InChI is InChI=1S/C22H19N3O2/c1-22(2)19(16-10-4-3-5-11-16)23-20-24(21(26)27-25(20)22)18-14-8-12-15-9-6-7-13-17(15)18/h3-14,20H,1-2H3. The van der Waals surface area contributed by atoms with Crippen molar-refractivity contribution < 1.29 is 9.63 Å². The molecule has 5 nitrogen and oxygen atoms in total. The summed E-state index contributed by atoms with van der Waals surface area (Å²) in [5.41, 5.74) is 2.22. The molecule has 27 heavy (non-hydrogen) atoms. The third-order valence-corrected chi connectivity index (χ3v) is 5.26. The van der Waals surface area contributed by atoms with Crippen LogP contribution in [0.2, 0.25) is 0 Å². The van der Waals surface area contributed by atoms with E-state index in [1.807, 2.05) is 86.6 Å². The molecule has 1 amide bonds. The van der Waals surface area contributed by atoms with Gasteiger partial charge in [0.05, 0.1) is 16.9 Å². The zero-order valence-corrected chi connectivity index (χ0v) is 15.2. The Morgan fingerprint density at radius 3 is 2.44 bits per heavy atom. The van der Waals surface area contributed by atoms with E-state index >= 15 is 0 Å². The second-order valence-corrected chi connectivity index (χ2v) is 7.30. The molecule has 0 bridgehead atoms. The molecule has 1 unspecified atom stereocenters. The van der Waals surface area contributed by atoms with E-state index in [1.165, 1.54) is 0 Å². The van der Waals surface area contributed by atoms with E-state index in [0.29, 0.717) is 0 Å². The first-order valence-corrected chi connectivity index (χ1v) is 8.99. The number of amides is 1. The molecule has 5 heteroatoms. The van der Waals surface area contributed by atoms with Crippen LogP contribution < -0.4 is 4.90 Å².